The summed E-state index contributed by atoms with van der Waals surface area (Å²) in [4.78, 5) is 7.76. The molecule has 3 rings (SSSR count). The summed E-state index contributed by atoms with van der Waals surface area (Å²) in [6.45, 7) is 0.838. The van der Waals surface area contributed by atoms with Gasteiger partial charge in [0.1, 0.15) is 5.82 Å². The topological polar surface area (TPSA) is 59.2 Å². The largest absolute Gasteiger partial charge is 0.493 e. The molecule has 0 bridgehead atoms. The quantitative estimate of drug-likeness (QED) is 0.848. The van der Waals surface area contributed by atoms with E-state index in [-0.39, 0.29) is 0 Å². The van der Waals surface area contributed by atoms with Crippen molar-refractivity contribution in [2.45, 2.75) is 25.4 Å². The summed E-state index contributed by atoms with van der Waals surface area (Å²) in [6, 6.07) is 6.48. The van der Waals surface area contributed by atoms with Crippen molar-refractivity contribution in [2.24, 2.45) is 0 Å². The first kappa shape index (κ1) is 13.0. The minimum atomic E-state index is 0.697. The molecule has 1 heterocycles. The maximum atomic E-state index is 5.31. The SMILES string of the molecule is COc1ccc(-c2ncc(CNC3CC3)[nH]2)cc1OC. The summed E-state index contributed by atoms with van der Waals surface area (Å²) in [5.41, 5.74) is 2.09. The normalized spacial score (nSPS) is 14.3. The highest BCUT2D eigenvalue weighted by atomic mass is 16.5. The third-order valence-electron chi connectivity index (χ3n) is 3.44. The molecule has 1 aliphatic rings. The molecule has 0 radical (unpaired) electrons. The van der Waals surface area contributed by atoms with Crippen LogP contribution in [-0.4, -0.2) is 30.2 Å². The highest BCUT2D eigenvalue weighted by Crippen LogP contribution is 2.31. The number of H-pyrrole nitrogens is 1. The number of hydrogen-bond acceptors (Lipinski definition) is 4. The number of hydrogen-bond donors (Lipinski definition) is 2. The first-order valence-corrected chi connectivity index (χ1v) is 6.80. The zero-order valence-corrected chi connectivity index (χ0v) is 11.8. The van der Waals surface area contributed by atoms with Gasteiger partial charge in [-0.2, -0.15) is 0 Å². The molecule has 2 aromatic rings. The molecule has 0 amide bonds. The van der Waals surface area contributed by atoms with Crippen LogP contribution in [0, 0.1) is 0 Å². The second kappa shape index (κ2) is 5.54. The number of nitrogens with one attached hydrogen (secondary N) is 2. The number of nitrogens with zero attached hydrogens (tertiary/aromatic N) is 1. The first-order valence-electron chi connectivity index (χ1n) is 6.80. The Morgan fingerprint density at radius 3 is 2.75 bits per heavy atom. The second-order valence-electron chi connectivity index (χ2n) is 4.98. The summed E-state index contributed by atoms with van der Waals surface area (Å²) in [5.74, 6) is 2.27. The fourth-order valence-electron chi connectivity index (χ4n) is 2.12. The predicted octanol–water partition coefficient (Wildman–Crippen LogP) is 2.35. The number of imidazole rings is 1. The van der Waals surface area contributed by atoms with Crippen molar-refractivity contribution in [2.75, 3.05) is 14.2 Å². The number of rotatable bonds is 6. The summed E-state index contributed by atoms with van der Waals surface area (Å²) in [7, 11) is 3.26. The van der Waals surface area contributed by atoms with Crippen molar-refractivity contribution in [3.63, 3.8) is 0 Å². The lowest BCUT2D eigenvalue weighted by atomic mass is 10.2. The predicted molar refractivity (Wildman–Crippen MR) is 77.0 cm³/mol. The summed E-state index contributed by atoms with van der Waals surface area (Å²) in [6.07, 6.45) is 4.45. The molecule has 1 aliphatic carbocycles. The molecule has 1 aromatic carbocycles. The number of methoxy groups -OCH3 is 2. The van der Waals surface area contributed by atoms with E-state index in [1.54, 1.807) is 14.2 Å². The van der Waals surface area contributed by atoms with Crippen molar-refractivity contribution in [1.82, 2.24) is 15.3 Å². The van der Waals surface area contributed by atoms with Crippen LogP contribution in [-0.2, 0) is 6.54 Å². The molecule has 1 fully saturated rings. The Kier molecular flexibility index (Phi) is 3.60. The molecule has 106 valence electrons. The molecule has 0 spiro atoms. The second-order valence-corrected chi connectivity index (χ2v) is 4.98. The Hall–Kier alpha value is -2.01. The summed E-state index contributed by atoms with van der Waals surface area (Å²) in [5, 5.41) is 3.46. The molecule has 0 unspecified atom stereocenters. The highest BCUT2D eigenvalue weighted by molar-refractivity contribution is 5.61. The Balaban J connectivity index is 1.77. The summed E-state index contributed by atoms with van der Waals surface area (Å²) >= 11 is 0. The van der Waals surface area contributed by atoms with Crippen LogP contribution in [0.5, 0.6) is 11.5 Å². The van der Waals surface area contributed by atoms with E-state index in [1.165, 1.54) is 12.8 Å². The first-order chi connectivity index (χ1) is 9.80. The lowest BCUT2D eigenvalue weighted by molar-refractivity contribution is 0.355. The van der Waals surface area contributed by atoms with Crippen LogP contribution in [0.4, 0.5) is 0 Å². The fraction of sp³-hybridized carbons (Fsp3) is 0.400. The molecular formula is C15H19N3O2. The molecule has 2 N–H and O–H groups in total. The number of ether oxygens (including phenoxy) is 2. The van der Waals surface area contributed by atoms with Gasteiger partial charge in [0.05, 0.1) is 14.2 Å². The van der Waals surface area contributed by atoms with Crippen molar-refractivity contribution >= 4 is 0 Å². The van der Waals surface area contributed by atoms with Gasteiger partial charge in [-0.05, 0) is 31.0 Å². The lowest BCUT2D eigenvalue weighted by Gasteiger charge is -2.08. The zero-order chi connectivity index (χ0) is 13.9. The van der Waals surface area contributed by atoms with E-state index >= 15 is 0 Å². The molecule has 5 nitrogen and oxygen atoms in total. The monoisotopic (exact) mass is 273 g/mol. The zero-order valence-electron chi connectivity index (χ0n) is 11.8. The van der Waals surface area contributed by atoms with E-state index in [0.717, 1.165) is 29.4 Å². The molecule has 20 heavy (non-hydrogen) atoms. The number of benzene rings is 1. The van der Waals surface area contributed by atoms with Gasteiger partial charge < -0.3 is 19.8 Å². The van der Waals surface area contributed by atoms with Crippen molar-refractivity contribution in [3.05, 3.63) is 30.1 Å². The van der Waals surface area contributed by atoms with Crippen molar-refractivity contribution in [3.8, 4) is 22.9 Å². The van der Waals surface area contributed by atoms with Gasteiger partial charge in [-0.15, -0.1) is 0 Å². The Morgan fingerprint density at radius 1 is 1.25 bits per heavy atom. The molecule has 0 atom stereocenters. The van der Waals surface area contributed by atoms with Crippen LogP contribution in [0.3, 0.4) is 0 Å². The molecule has 5 heteroatoms. The lowest BCUT2D eigenvalue weighted by Crippen LogP contribution is -2.15. The van der Waals surface area contributed by atoms with Gasteiger partial charge in [0, 0.05) is 30.0 Å². The third kappa shape index (κ3) is 2.77. The maximum Gasteiger partial charge on any atom is 0.161 e. The van der Waals surface area contributed by atoms with Crippen LogP contribution < -0.4 is 14.8 Å². The average Bonchev–Trinajstić information content (AvgIpc) is 3.21. The smallest absolute Gasteiger partial charge is 0.161 e. The molecule has 0 saturated heterocycles. The number of aromatic nitrogens is 2. The molecule has 0 aliphatic heterocycles. The van der Waals surface area contributed by atoms with Gasteiger partial charge in [0.25, 0.3) is 0 Å². The molecule has 1 aromatic heterocycles. The van der Waals surface area contributed by atoms with E-state index in [2.05, 4.69) is 15.3 Å². The standard InChI is InChI=1S/C15H19N3O2/c1-19-13-6-3-10(7-14(13)20-2)15-17-9-12(18-15)8-16-11-4-5-11/h3,6-7,9,11,16H,4-5,8H2,1-2H3,(H,17,18). The van der Waals surface area contributed by atoms with E-state index in [4.69, 9.17) is 9.47 Å². The van der Waals surface area contributed by atoms with Gasteiger partial charge in [0.15, 0.2) is 11.5 Å². The third-order valence-corrected chi connectivity index (χ3v) is 3.44. The average molecular weight is 273 g/mol. The molecule has 1 saturated carbocycles. The van der Waals surface area contributed by atoms with E-state index in [1.807, 2.05) is 24.4 Å². The molecular weight excluding hydrogens is 254 g/mol. The summed E-state index contributed by atoms with van der Waals surface area (Å²) < 4.78 is 10.6. The number of aromatic amines is 1. The van der Waals surface area contributed by atoms with Crippen LogP contribution >= 0.6 is 0 Å². The van der Waals surface area contributed by atoms with E-state index < -0.39 is 0 Å². The van der Waals surface area contributed by atoms with Crippen molar-refractivity contribution in [1.29, 1.82) is 0 Å². The fourth-order valence-corrected chi connectivity index (χ4v) is 2.12. The van der Waals surface area contributed by atoms with Crippen molar-refractivity contribution < 1.29 is 9.47 Å². The Bertz CT molecular complexity index is 591. The van der Waals surface area contributed by atoms with E-state index in [0.29, 0.717) is 11.8 Å². The van der Waals surface area contributed by atoms with Crippen LogP contribution in [0.1, 0.15) is 18.5 Å². The van der Waals surface area contributed by atoms with Gasteiger partial charge in [0.2, 0.25) is 0 Å². The highest BCUT2D eigenvalue weighted by Gasteiger charge is 2.20. The maximum absolute atomic E-state index is 5.31. The van der Waals surface area contributed by atoms with Gasteiger partial charge >= 0.3 is 0 Å². The van der Waals surface area contributed by atoms with Gasteiger partial charge in [-0.1, -0.05) is 0 Å². The van der Waals surface area contributed by atoms with Crippen LogP contribution in [0.2, 0.25) is 0 Å². The Labute approximate surface area is 118 Å². The minimum Gasteiger partial charge on any atom is -0.493 e. The van der Waals surface area contributed by atoms with Gasteiger partial charge in [-0.25, -0.2) is 4.98 Å². The minimum absolute atomic E-state index is 0.697. The Morgan fingerprint density at radius 2 is 2.05 bits per heavy atom. The van der Waals surface area contributed by atoms with Crippen LogP contribution in [0.15, 0.2) is 24.4 Å². The van der Waals surface area contributed by atoms with Gasteiger partial charge in [-0.3, -0.25) is 0 Å². The van der Waals surface area contributed by atoms with E-state index in [9.17, 15) is 0 Å². The van der Waals surface area contributed by atoms with Crippen LogP contribution in [0.25, 0.3) is 11.4 Å².